The van der Waals surface area contributed by atoms with Gasteiger partial charge in [-0.3, -0.25) is 0 Å². The highest BCUT2D eigenvalue weighted by molar-refractivity contribution is 5.67. The molecule has 122 valence electrons. The Kier molecular flexibility index (Phi) is 6.77. The molecule has 2 fully saturated rings. The minimum Gasteiger partial charge on any atom is -0.449 e. The third-order valence-corrected chi connectivity index (χ3v) is 4.59. The average molecular weight is 298 g/mol. The normalized spacial score (nSPS) is 25.0. The number of carbonyl (C=O) groups excluding carboxylic acids is 1. The van der Waals surface area contributed by atoms with Crippen molar-refractivity contribution in [2.24, 2.45) is 5.92 Å². The second-order valence-corrected chi connectivity index (χ2v) is 6.45. The average Bonchev–Trinajstić information content (AvgIpc) is 2.48. The molecule has 1 N–H and O–H groups in total. The number of nitrogens with zero attached hydrogens (tertiary/aromatic N) is 2. The van der Waals surface area contributed by atoms with Crippen LogP contribution in [0.25, 0.3) is 0 Å². The Morgan fingerprint density at radius 2 is 2.00 bits per heavy atom. The molecule has 0 aromatic carbocycles. The van der Waals surface area contributed by atoms with Crippen molar-refractivity contribution >= 4 is 6.09 Å². The number of amides is 1. The van der Waals surface area contributed by atoms with E-state index in [0.717, 1.165) is 71.2 Å². The Bertz CT molecular complexity index is 317. The number of piperidine rings is 2. The Balaban J connectivity index is 1.64. The van der Waals surface area contributed by atoms with Crippen molar-refractivity contribution in [3.8, 4) is 0 Å². The summed E-state index contributed by atoms with van der Waals surface area (Å²) in [5.74, 6) is 0.648. The van der Waals surface area contributed by atoms with Crippen LogP contribution in [-0.4, -0.2) is 66.4 Å². The number of β-amino-alcohol motifs (C(OH)–C–C–N with tert-alkyl or cyclic N) is 1. The number of aliphatic hydroxyl groups is 1. The molecule has 1 unspecified atom stereocenters. The first-order valence-electron chi connectivity index (χ1n) is 8.51. The van der Waals surface area contributed by atoms with Crippen LogP contribution in [0.15, 0.2) is 0 Å². The Hall–Kier alpha value is -0.810. The summed E-state index contributed by atoms with van der Waals surface area (Å²) in [4.78, 5) is 16.1. The number of hydrogen-bond donors (Lipinski definition) is 1. The fourth-order valence-corrected chi connectivity index (χ4v) is 3.26. The van der Waals surface area contributed by atoms with Gasteiger partial charge in [-0.25, -0.2) is 4.79 Å². The van der Waals surface area contributed by atoms with Crippen molar-refractivity contribution in [1.82, 2.24) is 9.80 Å². The highest BCUT2D eigenvalue weighted by Gasteiger charge is 2.26. The van der Waals surface area contributed by atoms with E-state index in [1.54, 1.807) is 0 Å². The molecule has 0 bridgehead atoms. The zero-order valence-corrected chi connectivity index (χ0v) is 13.3. The quantitative estimate of drug-likeness (QED) is 0.790. The van der Waals surface area contributed by atoms with Gasteiger partial charge in [0.15, 0.2) is 0 Å². The molecule has 1 atom stereocenters. The highest BCUT2D eigenvalue weighted by atomic mass is 16.6. The Morgan fingerprint density at radius 1 is 1.24 bits per heavy atom. The molecule has 5 nitrogen and oxygen atoms in total. The molecule has 0 aliphatic carbocycles. The minimum atomic E-state index is -0.146. The van der Waals surface area contributed by atoms with E-state index in [4.69, 9.17) is 4.74 Å². The number of ether oxygens (including phenoxy) is 1. The van der Waals surface area contributed by atoms with Crippen LogP contribution in [-0.2, 0) is 4.74 Å². The van der Waals surface area contributed by atoms with Gasteiger partial charge in [-0.1, -0.05) is 13.3 Å². The molecule has 2 saturated heterocycles. The third-order valence-electron chi connectivity index (χ3n) is 4.59. The van der Waals surface area contributed by atoms with Crippen LogP contribution in [0.2, 0.25) is 0 Å². The molecule has 0 radical (unpaired) electrons. The molecule has 2 aliphatic rings. The number of aliphatic hydroxyl groups excluding tert-OH is 1. The van der Waals surface area contributed by atoms with Crippen LogP contribution < -0.4 is 0 Å². The van der Waals surface area contributed by atoms with Crippen LogP contribution in [0.4, 0.5) is 4.79 Å². The summed E-state index contributed by atoms with van der Waals surface area (Å²) in [6, 6.07) is 0. The zero-order valence-electron chi connectivity index (χ0n) is 13.3. The number of carbonyl (C=O) groups is 1. The molecular weight excluding hydrogens is 268 g/mol. The predicted molar refractivity (Wildman–Crippen MR) is 82.2 cm³/mol. The largest absolute Gasteiger partial charge is 0.449 e. The van der Waals surface area contributed by atoms with E-state index in [2.05, 4.69) is 11.8 Å². The van der Waals surface area contributed by atoms with E-state index in [-0.39, 0.29) is 12.2 Å². The van der Waals surface area contributed by atoms with E-state index in [0.29, 0.717) is 12.5 Å². The lowest BCUT2D eigenvalue weighted by atomic mass is 9.95. The lowest BCUT2D eigenvalue weighted by Gasteiger charge is -2.36. The summed E-state index contributed by atoms with van der Waals surface area (Å²) >= 11 is 0. The van der Waals surface area contributed by atoms with Crippen molar-refractivity contribution in [3.63, 3.8) is 0 Å². The molecular formula is C16H30N2O3. The summed E-state index contributed by atoms with van der Waals surface area (Å²) in [5.41, 5.74) is 0. The summed E-state index contributed by atoms with van der Waals surface area (Å²) in [5, 5.41) is 9.72. The molecule has 2 heterocycles. The van der Waals surface area contributed by atoms with Gasteiger partial charge in [0, 0.05) is 26.2 Å². The van der Waals surface area contributed by atoms with Gasteiger partial charge < -0.3 is 19.6 Å². The van der Waals surface area contributed by atoms with E-state index in [9.17, 15) is 9.90 Å². The van der Waals surface area contributed by atoms with Gasteiger partial charge in [0.1, 0.15) is 0 Å². The van der Waals surface area contributed by atoms with Crippen LogP contribution in [0, 0.1) is 5.92 Å². The summed E-state index contributed by atoms with van der Waals surface area (Å²) < 4.78 is 5.26. The van der Waals surface area contributed by atoms with Crippen LogP contribution in [0.1, 0.15) is 45.4 Å². The van der Waals surface area contributed by atoms with Gasteiger partial charge in [-0.2, -0.15) is 0 Å². The molecule has 21 heavy (non-hydrogen) atoms. The van der Waals surface area contributed by atoms with Gasteiger partial charge in [-0.15, -0.1) is 0 Å². The van der Waals surface area contributed by atoms with Gasteiger partial charge >= 0.3 is 6.09 Å². The monoisotopic (exact) mass is 298 g/mol. The zero-order chi connectivity index (χ0) is 15.1. The van der Waals surface area contributed by atoms with Crippen molar-refractivity contribution in [2.45, 2.75) is 51.6 Å². The van der Waals surface area contributed by atoms with E-state index < -0.39 is 0 Å². The smallest absolute Gasteiger partial charge is 0.409 e. The number of likely N-dealkylation sites (tertiary alicyclic amines) is 2. The van der Waals surface area contributed by atoms with Crippen molar-refractivity contribution in [2.75, 3.05) is 39.3 Å². The number of unbranched alkanes of at least 4 members (excludes halogenated alkanes) is 1. The summed E-state index contributed by atoms with van der Waals surface area (Å²) in [6.45, 7) is 7.25. The van der Waals surface area contributed by atoms with Crippen molar-refractivity contribution in [1.29, 1.82) is 0 Å². The van der Waals surface area contributed by atoms with Crippen LogP contribution in [0.3, 0.4) is 0 Å². The maximum absolute atomic E-state index is 11.9. The first-order chi connectivity index (χ1) is 10.2. The van der Waals surface area contributed by atoms with E-state index in [1.165, 1.54) is 0 Å². The SMILES string of the molecule is CCCCOC(=O)N1CCC(CN2CCCC(O)C2)CC1. The molecule has 2 rings (SSSR count). The maximum Gasteiger partial charge on any atom is 0.409 e. The van der Waals surface area contributed by atoms with Gasteiger partial charge in [-0.05, 0) is 44.6 Å². The van der Waals surface area contributed by atoms with Crippen LogP contribution >= 0.6 is 0 Å². The first kappa shape index (κ1) is 16.6. The van der Waals surface area contributed by atoms with Gasteiger partial charge in [0.25, 0.3) is 0 Å². The van der Waals surface area contributed by atoms with Crippen LogP contribution in [0.5, 0.6) is 0 Å². The first-order valence-corrected chi connectivity index (χ1v) is 8.51. The molecule has 0 spiro atoms. The fourth-order valence-electron chi connectivity index (χ4n) is 3.26. The molecule has 0 aromatic heterocycles. The third kappa shape index (κ3) is 5.47. The second kappa shape index (κ2) is 8.59. The Labute approximate surface area is 128 Å². The van der Waals surface area contributed by atoms with E-state index in [1.807, 2.05) is 4.90 Å². The maximum atomic E-state index is 11.9. The minimum absolute atomic E-state index is 0.143. The van der Waals surface area contributed by atoms with Gasteiger partial charge in [0.05, 0.1) is 12.7 Å². The second-order valence-electron chi connectivity index (χ2n) is 6.45. The fraction of sp³-hybridized carbons (Fsp3) is 0.938. The number of hydrogen-bond acceptors (Lipinski definition) is 4. The lowest BCUT2D eigenvalue weighted by Crippen LogP contribution is -2.45. The predicted octanol–water partition coefficient (Wildman–Crippen LogP) is 2.09. The molecule has 5 heteroatoms. The topological polar surface area (TPSA) is 53.0 Å². The van der Waals surface area contributed by atoms with E-state index >= 15 is 0 Å². The summed E-state index contributed by atoms with van der Waals surface area (Å²) in [7, 11) is 0. The number of rotatable bonds is 5. The lowest BCUT2D eigenvalue weighted by molar-refractivity contribution is 0.0493. The molecule has 2 aliphatic heterocycles. The van der Waals surface area contributed by atoms with Gasteiger partial charge in [0.2, 0.25) is 0 Å². The standard InChI is InChI=1S/C16H30N2O3/c1-2-3-11-21-16(20)18-9-6-14(7-10-18)12-17-8-4-5-15(19)13-17/h14-15,19H,2-13H2,1H3. The van der Waals surface area contributed by atoms with Crippen molar-refractivity contribution < 1.29 is 14.6 Å². The summed E-state index contributed by atoms with van der Waals surface area (Å²) in [6.07, 6.45) is 5.85. The molecule has 0 saturated carbocycles. The molecule has 0 aromatic rings. The molecule has 1 amide bonds. The van der Waals surface area contributed by atoms with Crippen molar-refractivity contribution in [3.05, 3.63) is 0 Å². The Morgan fingerprint density at radius 3 is 2.67 bits per heavy atom. The highest BCUT2D eigenvalue weighted by Crippen LogP contribution is 2.21.